The van der Waals surface area contributed by atoms with Gasteiger partial charge in [0.05, 0.1) is 15.5 Å². The molecule has 3 nitrogen and oxygen atoms in total. The van der Waals surface area contributed by atoms with Gasteiger partial charge in [0.2, 0.25) is 0 Å². The van der Waals surface area contributed by atoms with Crippen LogP contribution in [0.1, 0.15) is 11.4 Å². The lowest BCUT2D eigenvalue weighted by atomic mass is 10.1. The Morgan fingerprint density at radius 3 is 2.68 bits per heavy atom. The van der Waals surface area contributed by atoms with Gasteiger partial charge in [0.25, 0.3) is 0 Å². The van der Waals surface area contributed by atoms with Gasteiger partial charge in [-0.05, 0) is 39.7 Å². The summed E-state index contributed by atoms with van der Waals surface area (Å²) in [7, 11) is 0. The molecule has 0 unspecified atom stereocenters. The van der Waals surface area contributed by atoms with E-state index in [1.165, 1.54) is 6.07 Å². The number of phenolic OH excluding ortho intramolecular Hbond substituents is 1. The number of benzene rings is 2. The lowest BCUT2D eigenvalue weighted by molar-refractivity contribution is 0.475. The molecule has 0 aliphatic heterocycles. The standard InChI is InChI=1S/C14H10BrFN2O/c15-10-6-12-13(7-11(10)16)18-14(17-12)5-8-1-3-9(19)4-2-8/h1-4,6-7,19H,5H2,(H,17,18). The second-order valence-corrected chi connectivity index (χ2v) is 5.16. The number of hydrogen-bond acceptors (Lipinski definition) is 2. The Morgan fingerprint density at radius 2 is 1.95 bits per heavy atom. The van der Waals surface area contributed by atoms with Gasteiger partial charge in [0.15, 0.2) is 0 Å². The fraction of sp³-hybridized carbons (Fsp3) is 0.0714. The van der Waals surface area contributed by atoms with Crippen LogP contribution in [-0.2, 0) is 6.42 Å². The van der Waals surface area contributed by atoms with E-state index in [4.69, 9.17) is 0 Å². The highest BCUT2D eigenvalue weighted by molar-refractivity contribution is 9.10. The van der Waals surface area contributed by atoms with Crippen molar-refractivity contribution in [3.05, 3.63) is 58.1 Å². The minimum atomic E-state index is -0.313. The van der Waals surface area contributed by atoms with E-state index in [2.05, 4.69) is 25.9 Å². The molecule has 0 aliphatic carbocycles. The molecule has 5 heteroatoms. The quantitative estimate of drug-likeness (QED) is 0.755. The summed E-state index contributed by atoms with van der Waals surface area (Å²) in [5.41, 5.74) is 2.42. The Balaban J connectivity index is 1.95. The molecule has 0 saturated heterocycles. The maximum absolute atomic E-state index is 13.4. The highest BCUT2D eigenvalue weighted by atomic mass is 79.9. The van der Waals surface area contributed by atoms with Gasteiger partial charge in [0, 0.05) is 12.5 Å². The third kappa shape index (κ3) is 2.46. The van der Waals surface area contributed by atoms with E-state index in [0.717, 1.165) is 16.9 Å². The molecule has 19 heavy (non-hydrogen) atoms. The highest BCUT2D eigenvalue weighted by Gasteiger charge is 2.07. The van der Waals surface area contributed by atoms with E-state index >= 15 is 0 Å². The zero-order chi connectivity index (χ0) is 13.4. The second kappa shape index (κ2) is 4.66. The average Bonchev–Trinajstić information content (AvgIpc) is 2.74. The first-order chi connectivity index (χ1) is 9.11. The van der Waals surface area contributed by atoms with Gasteiger partial charge < -0.3 is 10.1 Å². The van der Waals surface area contributed by atoms with Crippen molar-refractivity contribution in [2.24, 2.45) is 0 Å². The number of rotatable bonds is 2. The molecule has 0 aliphatic rings. The molecule has 0 fully saturated rings. The molecule has 1 heterocycles. The fourth-order valence-electron chi connectivity index (χ4n) is 1.95. The molecule has 0 radical (unpaired) electrons. The van der Waals surface area contributed by atoms with Crippen molar-refractivity contribution in [3.8, 4) is 5.75 Å². The number of halogens is 2. The number of hydrogen-bond donors (Lipinski definition) is 2. The molecule has 0 atom stereocenters. The second-order valence-electron chi connectivity index (χ2n) is 4.31. The summed E-state index contributed by atoms with van der Waals surface area (Å²) in [6.07, 6.45) is 0.605. The van der Waals surface area contributed by atoms with Crippen molar-refractivity contribution in [3.63, 3.8) is 0 Å². The monoisotopic (exact) mass is 320 g/mol. The van der Waals surface area contributed by atoms with Crippen molar-refractivity contribution >= 4 is 27.0 Å². The van der Waals surface area contributed by atoms with Crippen LogP contribution < -0.4 is 0 Å². The molecule has 96 valence electrons. The van der Waals surface area contributed by atoms with Crippen LogP contribution in [0.2, 0.25) is 0 Å². The zero-order valence-electron chi connectivity index (χ0n) is 9.82. The van der Waals surface area contributed by atoms with E-state index in [9.17, 15) is 9.50 Å². The van der Waals surface area contributed by atoms with Gasteiger partial charge in [-0.1, -0.05) is 12.1 Å². The summed E-state index contributed by atoms with van der Waals surface area (Å²) < 4.78 is 13.8. The van der Waals surface area contributed by atoms with E-state index in [-0.39, 0.29) is 11.6 Å². The average molecular weight is 321 g/mol. The first-order valence-electron chi connectivity index (χ1n) is 5.73. The van der Waals surface area contributed by atoms with Gasteiger partial charge in [0.1, 0.15) is 17.4 Å². The Kier molecular flexibility index (Phi) is 2.98. The smallest absolute Gasteiger partial charge is 0.139 e. The summed E-state index contributed by atoms with van der Waals surface area (Å²) in [4.78, 5) is 7.51. The van der Waals surface area contributed by atoms with Crippen LogP contribution in [0.4, 0.5) is 4.39 Å². The number of imidazole rings is 1. The van der Waals surface area contributed by atoms with Crippen LogP contribution in [0.25, 0.3) is 11.0 Å². The molecular formula is C14H10BrFN2O. The molecule has 0 saturated carbocycles. The number of H-pyrrole nitrogens is 1. The predicted octanol–water partition coefficient (Wildman–Crippen LogP) is 3.76. The van der Waals surface area contributed by atoms with Crippen molar-refractivity contribution in [1.82, 2.24) is 9.97 Å². The molecule has 2 aromatic carbocycles. The van der Waals surface area contributed by atoms with Crippen LogP contribution >= 0.6 is 15.9 Å². The third-order valence-electron chi connectivity index (χ3n) is 2.88. The van der Waals surface area contributed by atoms with Gasteiger partial charge in [-0.15, -0.1) is 0 Å². The fourth-order valence-corrected chi connectivity index (χ4v) is 2.28. The van der Waals surface area contributed by atoms with Crippen LogP contribution in [-0.4, -0.2) is 15.1 Å². The van der Waals surface area contributed by atoms with Crippen molar-refractivity contribution in [1.29, 1.82) is 0 Å². The highest BCUT2D eigenvalue weighted by Crippen LogP contribution is 2.22. The van der Waals surface area contributed by atoms with Crippen LogP contribution in [0, 0.1) is 5.82 Å². The minimum absolute atomic E-state index is 0.236. The molecule has 2 N–H and O–H groups in total. The lowest BCUT2D eigenvalue weighted by Gasteiger charge is -1.98. The number of phenols is 1. The third-order valence-corrected chi connectivity index (χ3v) is 3.49. The van der Waals surface area contributed by atoms with Crippen LogP contribution in [0.15, 0.2) is 40.9 Å². The number of nitrogens with zero attached hydrogens (tertiary/aromatic N) is 1. The SMILES string of the molecule is Oc1ccc(Cc2nc3cc(Br)c(F)cc3[nH]2)cc1. The van der Waals surface area contributed by atoms with Gasteiger partial charge in [-0.3, -0.25) is 0 Å². The first kappa shape index (κ1) is 12.2. The van der Waals surface area contributed by atoms with Gasteiger partial charge in [-0.2, -0.15) is 0 Å². The number of aromatic nitrogens is 2. The number of fused-ring (bicyclic) bond motifs is 1. The van der Waals surface area contributed by atoms with E-state index in [1.54, 1.807) is 18.2 Å². The molecule has 3 aromatic rings. The van der Waals surface area contributed by atoms with Crippen molar-refractivity contribution in [2.75, 3.05) is 0 Å². The summed E-state index contributed by atoms with van der Waals surface area (Å²) in [6.45, 7) is 0. The molecule has 0 amide bonds. The predicted molar refractivity (Wildman–Crippen MR) is 74.7 cm³/mol. The molecule has 0 bridgehead atoms. The topological polar surface area (TPSA) is 48.9 Å². The normalized spacial score (nSPS) is 11.1. The zero-order valence-corrected chi connectivity index (χ0v) is 11.4. The Bertz CT molecular complexity index is 698. The Hall–Kier alpha value is -1.88. The van der Waals surface area contributed by atoms with Crippen molar-refractivity contribution < 1.29 is 9.50 Å². The Labute approximate surface area is 117 Å². The van der Waals surface area contributed by atoms with Crippen molar-refractivity contribution in [2.45, 2.75) is 6.42 Å². The number of nitrogens with one attached hydrogen (secondary N) is 1. The van der Waals surface area contributed by atoms with Gasteiger partial charge in [-0.25, -0.2) is 9.37 Å². The maximum atomic E-state index is 13.4. The molecule has 0 spiro atoms. The van der Waals surface area contributed by atoms with Crippen LogP contribution in [0.5, 0.6) is 5.75 Å². The largest absolute Gasteiger partial charge is 0.508 e. The summed E-state index contributed by atoms with van der Waals surface area (Å²) in [6, 6.07) is 10.0. The van der Waals surface area contributed by atoms with E-state index in [0.29, 0.717) is 16.4 Å². The summed E-state index contributed by atoms with van der Waals surface area (Å²) in [5.74, 6) is 0.685. The lowest BCUT2D eigenvalue weighted by Crippen LogP contribution is -1.89. The Morgan fingerprint density at radius 1 is 1.21 bits per heavy atom. The van der Waals surface area contributed by atoms with E-state index < -0.39 is 0 Å². The number of aromatic amines is 1. The molecule has 3 rings (SSSR count). The van der Waals surface area contributed by atoms with Gasteiger partial charge >= 0.3 is 0 Å². The summed E-state index contributed by atoms with van der Waals surface area (Å²) in [5, 5.41) is 9.23. The first-order valence-corrected chi connectivity index (χ1v) is 6.52. The summed E-state index contributed by atoms with van der Waals surface area (Å²) >= 11 is 3.14. The van der Waals surface area contributed by atoms with Crippen LogP contribution in [0.3, 0.4) is 0 Å². The van der Waals surface area contributed by atoms with E-state index in [1.807, 2.05) is 12.1 Å². The maximum Gasteiger partial charge on any atom is 0.139 e. The number of aromatic hydroxyl groups is 1. The molecule has 1 aromatic heterocycles. The minimum Gasteiger partial charge on any atom is -0.508 e. The molecular weight excluding hydrogens is 311 g/mol.